The lowest BCUT2D eigenvalue weighted by Gasteiger charge is -2.13. The minimum Gasteiger partial charge on any atom is -0.354 e. The van der Waals surface area contributed by atoms with Crippen molar-refractivity contribution in [1.29, 1.82) is 0 Å². The number of halogens is 2. The van der Waals surface area contributed by atoms with Crippen molar-refractivity contribution in [1.82, 2.24) is 10.6 Å². The second-order valence-corrected chi connectivity index (χ2v) is 5.80. The van der Waals surface area contributed by atoms with Gasteiger partial charge in [0.2, 0.25) is 5.91 Å². The zero-order valence-electron chi connectivity index (χ0n) is 11.8. The number of carbonyl (C=O) groups is 1. The van der Waals surface area contributed by atoms with Crippen LogP contribution in [0.1, 0.15) is 19.4 Å². The summed E-state index contributed by atoms with van der Waals surface area (Å²) in [6, 6.07) is 8.03. The summed E-state index contributed by atoms with van der Waals surface area (Å²) in [5.41, 5.74) is 1.18. The number of carbonyl (C=O) groups excluding carboxylic acids is 1. The van der Waals surface area contributed by atoms with Crippen LogP contribution in [0.5, 0.6) is 0 Å². The first-order chi connectivity index (χ1) is 9.11. The molecule has 1 aromatic carbocycles. The monoisotopic (exact) mass is 336 g/mol. The van der Waals surface area contributed by atoms with Crippen LogP contribution in [0.4, 0.5) is 0 Å². The molecule has 0 unspecified atom stereocenters. The zero-order chi connectivity index (χ0) is 14.1. The molecule has 1 rings (SSSR count). The molecule has 1 atom stereocenters. The Hall–Kier alpha value is -0.420. The Bertz CT molecular complexity index is 387. The zero-order valence-corrected chi connectivity index (χ0v) is 14.2. The molecule has 0 spiro atoms. The lowest BCUT2D eigenvalue weighted by atomic mass is 10.2. The number of thioether (sulfide) groups is 1. The standard InChI is InChI=1S/C14H21ClN2OS.ClH/c1-3-16-11(2)8-17-14(18)10-19-9-12-4-6-13(15)7-5-12;/h4-7,11,16H,3,8-10H2,1-2H3,(H,17,18);1H/t11-;/m1./s1. The lowest BCUT2D eigenvalue weighted by Crippen LogP contribution is -2.39. The van der Waals surface area contributed by atoms with Crippen LogP contribution in [0.15, 0.2) is 24.3 Å². The number of likely N-dealkylation sites (N-methyl/N-ethyl adjacent to an activating group) is 1. The van der Waals surface area contributed by atoms with Crippen LogP contribution in [-0.4, -0.2) is 30.8 Å². The first kappa shape index (κ1) is 19.6. The quantitative estimate of drug-likeness (QED) is 0.766. The maximum atomic E-state index is 11.6. The second-order valence-electron chi connectivity index (χ2n) is 4.38. The van der Waals surface area contributed by atoms with Crippen molar-refractivity contribution in [3.8, 4) is 0 Å². The molecule has 0 aromatic heterocycles. The van der Waals surface area contributed by atoms with Crippen molar-refractivity contribution in [2.24, 2.45) is 0 Å². The Kier molecular flexibility index (Phi) is 11.0. The summed E-state index contributed by atoms with van der Waals surface area (Å²) >= 11 is 7.43. The third-order valence-electron chi connectivity index (χ3n) is 2.57. The van der Waals surface area contributed by atoms with Crippen LogP contribution >= 0.6 is 35.8 Å². The number of rotatable bonds is 8. The Morgan fingerprint density at radius 2 is 2.00 bits per heavy atom. The Morgan fingerprint density at radius 1 is 1.35 bits per heavy atom. The predicted octanol–water partition coefficient (Wildman–Crippen LogP) is 3.11. The predicted molar refractivity (Wildman–Crippen MR) is 91.0 cm³/mol. The van der Waals surface area contributed by atoms with Crippen LogP contribution in [0, 0.1) is 0 Å². The van der Waals surface area contributed by atoms with E-state index in [1.54, 1.807) is 11.8 Å². The highest BCUT2D eigenvalue weighted by Crippen LogP contribution is 2.15. The van der Waals surface area contributed by atoms with E-state index in [-0.39, 0.29) is 18.3 Å². The summed E-state index contributed by atoms with van der Waals surface area (Å²) in [4.78, 5) is 11.6. The Balaban J connectivity index is 0.00000361. The molecule has 0 radical (unpaired) electrons. The van der Waals surface area contributed by atoms with Gasteiger partial charge in [-0.05, 0) is 31.2 Å². The van der Waals surface area contributed by atoms with E-state index in [2.05, 4.69) is 24.5 Å². The molecule has 0 saturated carbocycles. The van der Waals surface area contributed by atoms with E-state index >= 15 is 0 Å². The third kappa shape index (κ3) is 8.69. The first-order valence-electron chi connectivity index (χ1n) is 6.44. The SMILES string of the molecule is CCN[C@H](C)CNC(=O)CSCc1ccc(Cl)cc1.Cl. The maximum absolute atomic E-state index is 11.6. The molecule has 6 heteroatoms. The second kappa shape index (κ2) is 11.3. The lowest BCUT2D eigenvalue weighted by molar-refractivity contribution is -0.118. The molecule has 0 saturated heterocycles. The number of hydrogen-bond acceptors (Lipinski definition) is 3. The van der Waals surface area contributed by atoms with Gasteiger partial charge in [-0.15, -0.1) is 24.2 Å². The van der Waals surface area contributed by atoms with Gasteiger partial charge in [0, 0.05) is 23.4 Å². The average molecular weight is 337 g/mol. The molecule has 1 amide bonds. The number of hydrogen-bond donors (Lipinski definition) is 2. The van der Waals surface area contributed by atoms with Crippen molar-refractivity contribution in [3.05, 3.63) is 34.9 Å². The van der Waals surface area contributed by atoms with Gasteiger partial charge in [-0.25, -0.2) is 0 Å². The fourth-order valence-corrected chi connectivity index (χ4v) is 2.52. The molecule has 0 bridgehead atoms. The van der Waals surface area contributed by atoms with Gasteiger partial charge in [-0.1, -0.05) is 30.7 Å². The molecule has 0 aliphatic rings. The van der Waals surface area contributed by atoms with E-state index in [0.717, 1.165) is 17.3 Å². The third-order valence-corrected chi connectivity index (χ3v) is 3.83. The van der Waals surface area contributed by atoms with Gasteiger partial charge in [0.15, 0.2) is 0 Å². The molecule has 0 fully saturated rings. The molecule has 1 aromatic rings. The van der Waals surface area contributed by atoms with E-state index < -0.39 is 0 Å². The molecule has 3 nitrogen and oxygen atoms in total. The highest BCUT2D eigenvalue weighted by atomic mass is 35.5. The maximum Gasteiger partial charge on any atom is 0.230 e. The molecular weight excluding hydrogens is 315 g/mol. The summed E-state index contributed by atoms with van der Waals surface area (Å²) in [7, 11) is 0. The van der Waals surface area contributed by atoms with Gasteiger partial charge in [-0.2, -0.15) is 0 Å². The van der Waals surface area contributed by atoms with Crippen LogP contribution < -0.4 is 10.6 Å². The first-order valence-corrected chi connectivity index (χ1v) is 7.97. The van der Waals surface area contributed by atoms with Crippen molar-refractivity contribution in [2.75, 3.05) is 18.8 Å². The van der Waals surface area contributed by atoms with E-state index in [4.69, 9.17) is 11.6 Å². The van der Waals surface area contributed by atoms with E-state index in [0.29, 0.717) is 18.3 Å². The van der Waals surface area contributed by atoms with Gasteiger partial charge in [0.25, 0.3) is 0 Å². The topological polar surface area (TPSA) is 41.1 Å². The van der Waals surface area contributed by atoms with E-state index in [9.17, 15) is 4.79 Å². The smallest absolute Gasteiger partial charge is 0.230 e. The molecule has 0 aliphatic heterocycles. The Labute approximate surface area is 136 Å². The van der Waals surface area contributed by atoms with Crippen molar-refractivity contribution in [2.45, 2.75) is 25.6 Å². The number of nitrogens with one attached hydrogen (secondary N) is 2. The molecule has 114 valence electrons. The average Bonchev–Trinajstić information content (AvgIpc) is 2.39. The highest BCUT2D eigenvalue weighted by molar-refractivity contribution is 7.99. The number of benzene rings is 1. The van der Waals surface area contributed by atoms with Gasteiger partial charge >= 0.3 is 0 Å². The van der Waals surface area contributed by atoms with Crippen LogP contribution in [-0.2, 0) is 10.5 Å². The summed E-state index contributed by atoms with van der Waals surface area (Å²) in [5.74, 6) is 1.40. The van der Waals surface area contributed by atoms with Crippen LogP contribution in [0.3, 0.4) is 0 Å². The van der Waals surface area contributed by atoms with Crippen molar-refractivity contribution in [3.63, 3.8) is 0 Å². The highest BCUT2D eigenvalue weighted by Gasteiger charge is 2.04. The summed E-state index contributed by atoms with van der Waals surface area (Å²) in [5, 5.41) is 6.91. The molecule has 0 heterocycles. The van der Waals surface area contributed by atoms with E-state index in [1.807, 2.05) is 24.3 Å². The fraction of sp³-hybridized carbons (Fsp3) is 0.500. The summed E-state index contributed by atoms with van der Waals surface area (Å²) in [6.07, 6.45) is 0. The largest absolute Gasteiger partial charge is 0.354 e. The van der Waals surface area contributed by atoms with Gasteiger partial charge in [-0.3, -0.25) is 4.79 Å². The number of amides is 1. The normalized spacial score (nSPS) is 11.6. The van der Waals surface area contributed by atoms with Gasteiger partial charge < -0.3 is 10.6 Å². The Morgan fingerprint density at radius 3 is 2.60 bits per heavy atom. The van der Waals surface area contributed by atoms with Crippen LogP contribution in [0.2, 0.25) is 5.02 Å². The van der Waals surface area contributed by atoms with Crippen molar-refractivity contribution < 1.29 is 4.79 Å². The summed E-state index contributed by atoms with van der Waals surface area (Å²) < 4.78 is 0. The van der Waals surface area contributed by atoms with Crippen molar-refractivity contribution >= 4 is 41.7 Å². The van der Waals surface area contributed by atoms with Gasteiger partial charge in [0.1, 0.15) is 0 Å². The van der Waals surface area contributed by atoms with Gasteiger partial charge in [0.05, 0.1) is 5.75 Å². The summed E-state index contributed by atoms with van der Waals surface area (Å²) in [6.45, 7) is 5.71. The molecule has 20 heavy (non-hydrogen) atoms. The fourth-order valence-electron chi connectivity index (χ4n) is 1.58. The minimum absolute atomic E-state index is 0. The molecule has 2 N–H and O–H groups in total. The molecule has 0 aliphatic carbocycles. The van der Waals surface area contributed by atoms with E-state index in [1.165, 1.54) is 5.56 Å². The minimum atomic E-state index is 0. The molecular formula is C14H22Cl2N2OS. The van der Waals surface area contributed by atoms with Crippen LogP contribution in [0.25, 0.3) is 0 Å².